The van der Waals surface area contributed by atoms with E-state index in [2.05, 4.69) is 32.1 Å². The molecule has 6 heteroatoms. The minimum atomic E-state index is -0.239. The zero-order chi connectivity index (χ0) is 16.2. The molecule has 0 spiro atoms. The molecule has 1 aromatic carbocycles. The van der Waals surface area contributed by atoms with Gasteiger partial charge in [0, 0.05) is 31.9 Å². The number of likely N-dealkylation sites (N-methyl/N-ethyl adjacent to an activating group) is 1. The molecule has 6 nitrogen and oxygen atoms in total. The number of nitrogens with zero attached hydrogens (tertiary/aromatic N) is 4. The second-order valence-electron chi connectivity index (χ2n) is 5.82. The number of benzene rings is 1. The van der Waals surface area contributed by atoms with Gasteiger partial charge in [0.15, 0.2) is 0 Å². The summed E-state index contributed by atoms with van der Waals surface area (Å²) in [6.07, 6.45) is 3.22. The molecule has 0 bridgehead atoms. The van der Waals surface area contributed by atoms with Crippen molar-refractivity contribution in [3.8, 4) is 0 Å². The number of rotatable bonds is 3. The number of hydrogen-bond donors (Lipinski definition) is 1. The molecule has 0 unspecified atom stereocenters. The third-order valence-electron chi connectivity index (χ3n) is 4.09. The molecule has 1 aliphatic rings. The standard InChI is InChI=1S/C17H21N5O/c1-13-5-3-4-6-14(13)20-17(23)15-11-19-16(12-18-15)22-9-7-21(2)8-10-22/h3-6,11-12H,7-10H2,1-2H3,(H,20,23). The minimum Gasteiger partial charge on any atom is -0.353 e. The maximum absolute atomic E-state index is 12.3. The number of hydrogen-bond acceptors (Lipinski definition) is 5. The van der Waals surface area contributed by atoms with Crippen LogP contribution in [0.2, 0.25) is 0 Å². The fourth-order valence-corrected chi connectivity index (χ4v) is 2.54. The van der Waals surface area contributed by atoms with Gasteiger partial charge in [-0.2, -0.15) is 0 Å². The van der Waals surface area contributed by atoms with Crippen molar-refractivity contribution in [2.45, 2.75) is 6.92 Å². The van der Waals surface area contributed by atoms with E-state index in [4.69, 9.17) is 0 Å². The molecule has 0 atom stereocenters. The van der Waals surface area contributed by atoms with Crippen LogP contribution in [-0.4, -0.2) is 54.0 Å². The smallest absolute Gasteiger partial charge is 0.275 e. The molecule has 0 saturated carbocycles. The number of anilines is 2. The average Bonchev–Trinajstić information content (AvgIpc) is 2.58. The van der Waals surface area contributed by atoms with Crippen LogP contribution in [-0.2, 0) is 0 Å². The van der Waals surface area contributed by atoms with Gasteiger partial charge in [-0.25, -0.2) is 9.97 Å². The van der Waals surface area contributed by atoms with Crippen LogP contribution < -0.4 is 10.2 Å². The maximum Gasteiger partial charge on any atom is 0.275 e. The van der Waals surface area contributed by atoms with Crippen molar-refractivity contribution in [3.63, 3.8) is 0 Å². The molecule has 1 N–H and O–H groups in total. The largest absolute Gasteiger partial charge is 0.353 e. The molecule has 1 aromatic heterocycles. The summed E-state index contributed by atoms with van der Waals surface area (Å²) in [5.41, 5.74) is 2.14. The van der Waals surface area contributed by atoms with Gasteiger partial charge < -0.3 is 15.1 Å². The van der Waals surface area contributed by atoms with Gasteiger partial charge in [0.1, 0.15) is 11.5 Å². The van der Waals surface area contributed by atoms with Gasteiger partial charge in [0.25, 0.3) is 5.91 Å². The van der Waals surface area contributed by atoms with E-state index in [1.807, 2.05) is 31.2 Å². The number of para-hydroxylation sites is 1. The summed E-state index contributed by atoms with van der Waals surface area (Å²) in [6, 6.07) is 7.66. The molecular formula is C17H21N5O. The van der Waals surface area contributed by atoms with E-state index in [0.29, 0.717) is 5.69 Å². The second kappa shape index (κ2) is 6.75. The highest BCUT2D eigenvalue weighted by atomic mass is 16.1. The maximum atomic E-state index is 12.3. The topological polar surface area (TPSA) is 61.4 Å². The number of carbonyl (C=O) groups is 1. The van der Waals surface area contributed by atoms with Gasteiger partial charge in [-0.05, 0) is 25.6 Å². The molecule has 1 aliphatic heterocycles. The molecule has 1 amide bonds. The summed E-state index contributed by atoms with van der Waals surface area (Å²) in [6.45, 7) is 5.84. The number of aryl methyl sites for hydroxylation is 1. The number of carbonyl (C=O) groups excluding carboxylic acids is 1. The Bertz CT molecular complexity index is 678. The molecule has 120 valence electrons. The normalized spacial score (nSPS) is 15.5. The van der Waals surface area contributed by atoms with Crippen LogP contribution in [0.15, 0.2) is 36.7 Å². The van der Waals surface area contributed by atoms with Crippen molar-refractivity contribution in [2.75, 3.05) is 43.4 Å². The molecule has 0 aliphatic carbocycles. The van der Waals surface area contributed by atoms with Crippen LogP contribution in [0, 0.1) is 6.92 Å². The first kappa shape index (κ1) is 15.4. The summed E-state index contributed by atoms with van der Waals surface area (Å²) in [5, 5.41) is 2.87. The molecule has 0 radical (unpaired) electrons. The van der Waals surface area contributed by atoms with E-state index in [0.717, 1.165) is 43.2 Å². The van der Waals surface area contributed by atoms with Crippen molar-refractivity contribution >= 4 is 17.4 Å². The van der Waals surface area contributed by atoms with Gasteiger partial charge in [0.2, 0.25) is 0 Å². The Morgan fingerprint density at radius 3 is 2.48 bits per heavy atom. The van der Waals surface area contributed by atoms with E-state index in [1.165, 1.54) is 0 Å². The van der Waals surface area contributed by atoms with Crippen LogP contribution in [0.3, 0.4) is 0 Å². The quantitative estimate of drug-likeness (QED) is 0.936. The van der Waals surface area contributed by atoms with Crippen molar-refractivity contribution < 1.29 is 4.79 Å². The number of aromatic nitrogens is 2. The van der Waals surface area contributed by atoms with Crippen molar-refractivity contribution in [2.24, 2.45) is 0 Å². The zero-order valence-electron chi connectivity index (χ0n) is 13.5. The van der Waals surface area contributed by atoms with Crippen LogP contribution in [0.4, 0.5) is 11.5 Å². The van der Waals surface area contributed by atoms with E-state index in [9.17, 15) is 4.79 Å². The number of nitrogens with one attached hydrogen (secondary N) is 1. The lowest BCUT2D eigenvalue weighted by atomic mass is 10.2. The summed E-state index contributed by atoms with van der Waals surface area (Å²) >= 11 is 0. The molecule has 1 saturated heterocycles. The highest BCUT2D eigenvalue weighted by molar-refractivity contribution is 6.03. The molecule has 3 rings (SSSR count). The van der Waals surface area contributed by atoms with E-state index >= 15 is 0 Å². The van der Waals surface area contributed by atoms with E-state index < -0.39 is 0 Å². The molecule has 1 fully saturated rings. The molecule has 23 heavy (non-hydrogen) atoms. The third-order valence-corrected chi connectivity index (χ3v) is 4.09. The lowest BCUT2D eigenvalue weighted by molar-refractivity contribution is 0.102. The van der Waals surface area contributed by atoms with Gasteiger partial charge in [-0.3, -0.25) is 4.79 Å². The third kappa shape index (κ3) is 3.65. The lowest BCUT2D eigenvalue weighted by Crippen LogP contribution is -2.44. The van der Waals surface area contributed by atoms with Crippen LogP contribution >= 0.6 is 0 Å². The van der Waals surface area contributed by atoms with Gasteiger partial charge in [0.05, 0.1) is 12.4 Å². The van der Waals surface area contributed by atoms with Gasteiger partial charge in [-0.1, -0.05) is 18.2 Å². The summed E-state index contributed by atoms with van der Waals surface area (Å²) in [7, 11) is 2.11. The zero-order valence-corrected chi connectivity index (χ0v) is 13.5. The Balaban J connectivity index is 1.67. The summed E-state index contributed by atoms with van der Waals surface area (Å²) in [4.78, 5) is 25.4. The Hall–Kier alpha value is -2.47. The first-order valence-electron chi connectivity index (χ1n) is 7.76. The first-order valence-corrected chi connectivity index (χ1v) is 7.76. The van der Waals surface area contributed by atoms with Crippen LogP contribution in [0.1, 0.15) is 16.1 Å². The predicted octanol–water partition coefficient (Wildman–Crippen LogP) is 1.79. The van der Waals surface area contributed by atoms with Crippen LogP contribution in [0.25, 0.3) is 0 Å². The lowest BCUT2D eigenvalue weighted by Gasteiger charge is -2.32. The Morgan fingerprint density at radius 2 is 1.83 bits per heavy atom. The van der Waals surface area contributed by atoms with E-state index in [-0.39, 0.29) is 5.91 Å². The molecular weight excluding hydrogens is 290 g/mol. The monoisotopic (exact) mass is 311 g/mol. The Labute approximate surface area is 136 Å². The second-order valence-corrected chi connectivity index (χ2v) is 5.82. The van der Waals surface area contributed by atoms with Gasteiger partial charge >= 0.3 is 0 Å². The fourth-order valence-electron chi connectivity index (χ4n) is 2.54. The fraction of sp³-hybridized carbons (Fsp3) is 0.353. The highest BCUT2D eigenvalue weighted by Gasteiger charge is 2.16. The van der Waals surface area contributed by atoms with Gasteiger partial charge in [-0.15, -0.1) is 0 Å². The summed E-state index contributed by atoms with van der Waals surface area (Å²) in [5.74, 6) is 0.585. The summed E-state index contributed by atoms with van der Waals surface area (Å²) < 4.78 is 0. The SMILES string of the molecule is Cc1ccccc1NC(=O)c1cnc(N2CCN(C)CC2)cn1. The van der Waals surface area contributed by atoms with Crippen molar-refractivity contribution in [1.29, 1.82) is 0 Å². The number of piperazine rings is 1. The Kier molecular flexibility index (Phi) is 4.52. The molecule has 2 heterocycles. The average molecular weight is 311 g/mol. The predicted molar refractivity (Wildman–Crippen MR) is 90.9 cm³/mol. The Morgan fingerprint density at radius 1 is 1.09 bits per heavy atom. The number of amides is 1. The van der Waals surface area contributed by atoms with Crippen LogP contribution in [0.5, 0.6) is 0 Å². The van der Waals surface area contributed by atoms with E-state index in [1.54, 1.807) is 12.4 Å². The first-order chi connectivity index (χ1) is 11.1. The van der Waals surface area contributed by atoms with Crippen molar-refractivity contribution in [1.82, 2.24) is 14.9 Å². The highest BCUT2D eigenvalue weighted by Crippen LogP contribution is 2.15. The minimum absolute atomic E-state index is 0.239. The molecule has 2 aromatic rings. The van der Waals surface area contributed by atoms with Crippen molar-refractivity contribution in [3.05, 3.63) is 47.9 Å².